The average molecular weight is 286 g/mol. The summed E-state index contributed by atoms with van der Waals surface area (Å²) in [6.07, 6.45) is 4.12. The highest BCUT2D eigenvalue weighted by Gasteiger charge is 2.41. The number of benzene rings is 1. The highest BCUT2D eigenvalue weighted by molar-refractivity contribution is 6.02. The maximum atomic E-state index is 12.5. The van der Waals surface area contributed by atoms with E-state index in [9.17, 15) is 4.79 Å². The fraction of sp³-hybridized carbons (Fsp3) is 0.471. The molecule has 1 saturated carbocycles. The zero-order chi connectivity index (χ0) is 15.2. The third kappa shape index (κ3) is 2.44. The smallest absolute Gasteiger partial charge is 0.270 e. The predicted octanol–water partition coefficient (Wildman–Crippen LogP) is 2.79. The highest BCUT2D eigenvalue weighted by Crippen LogP contribution is 2.43. The standard InChI is InChI=1S/C17H22N2O2/c1-4-9-19-13-10-12(15(18)11-5-6-11)7-8-14(13)21-17(2,3)16(19)20/h4,7-8,10-11,15H,1,5-6,9,18H2,2-3H3. The van der Waals surface area contributed by atoms with Gasteiger partial charge in [-0.25, -0.2) is 0 Å². The van der Waals surface area contributed by atoms with Crippen molar-refractivity contribution < 1.29 is 9.53 Å². The number of carbonyl (C=O) groups excluding carboxylic acids is 1. The molecule has 0 radical (unpaired) electrons. The minimum Gasteiger partial charge on any atom is -0.476 e. The van der Waals surface area contributed by atoms with E-state index in [1.54, 1.807) is 24.8 Å². The molecule has 0 spiro atoms. The Morgan fingerprint density at radius 2 is 2.24 bits per heavy atom. The number of carbonyl (C=O) groups is 1. The van der Waals surface area contributed by atoms with E-state index in [4.69, 9.17) is 10.5 Å². The van der Waals surface area contributed by atoms with Gasteiger partial charge in [0, 0.05) is 12.6 Å². The number of anilines is 1. The van der Waals surface area contributed by atoms with Crippen molar-refractivity contribution in [2.75, 3.05) is 11.4 Å². The van der Waals surface area contributed by atoms with Crippen LogP contribution in [0, 0.1) is 5.92 Å². The second-order valence-electron chi connectivity index (χ2n) is 6.41. The molecule has 0 aromatic heterocycles. The summed E-state index contributed by atoms with van der Waals surface area (Å²) in [6, 6.07) is 5.98. The first-order valence-corrected chi connectivity index (χ1v) is 7.45. The molecule has 1 amide bonds. The van der Waals surface area contributed by atoms with Gasteiger partial charge in [0.25, 0.3) is 5.91 Å². The van der Waals surface area contributed by atoms with Crippen LogP contribution in [0.4, 0.5) is 5.69 Å². The van der Waals surface area contributed by atoms with E-state index in [2.05, 4.69) is 6.58 Å². The highest BCUT2D eigenvalue weighted by atomic mass is 16.5. The number of rotatable bonds is 4. The monoisotopic (exact) mass is 286 g/mol. The Bertz CT molecular complexity index is 590. The molecule has 1 aromatic carbocycles. The molecule has 1 aromatic rings. The summed E-state index contributed by atoms with van der Waals surface area (Å²) in [5, 5.41) is 0. The first kappa shape index (κ1) is 14.1. The molecule has 1 fully saturated rings. The van der Waals surface area contributed by atoms with Crippen molar-refractivity contribution in [1.82, 2.24) is 0 Å². The lowest BCUT2D eigenvalue weighted by Gasteiger charge is -2.38. The van der Waals surface area contributed by atoms with Gasteiger partial charge >= 0.3 is 0 Å². The van der Waals surface area contributed by atoms with E-state index in [0.717, 1.165) is 17.0 Å². The summed E-state index contributed by atoms with van der Waals surface area (Å²) in [5.41, 5.74) is 7.29. The lowest BCUT2D eigenvalue weighted by molar-refractivity contribution is -0.132. The molecule has 0 saturated heterocycles. The Balaban J connectivity index is 2.02. The van der Waals surface area contributed by atoms with Crippen molar-refractivity contribution in [3.63, 3.8) is 0 Å². The van der Waals surface area contributed by atoms with Gasteiger partial charge < -0.3 is 15.4 Å². The number of hydrogen-bond acceptors (Lipinski definition) is 3. The van der Waals surface area contributed by atoms with E-state index < -0.39 is 5.60 Å². The van der Waals surface area contributed by atoms with Gasteiger partial charge in [0.2, 0.25) is 0 Å². The number of fused-ring (bicyclic) bond motifs is 1. The molecule has 1 aliphatic heterocycles. The van der Waals surface area contributed by atoms with Crippen LogP contribution in [-0.4, -0.2) is 18.1 Å². The second-order valence-corrected chi connectivity index (χ2v) is 6.41. The van der Waals surface area contributed by atoms with Crippen LogP contribution >= 0.6 is 0 Å². The Morgan fingerprint density at radius 3 is 2.86 bits per heavy atom. The molecule has 1 unspecified atom stereocenters. The molecular formula is C17H22N2O2. The Labute approximate surface area is 125 Å². The fourth-order valence-corrected chi connectivity index (χ4v) is 2.83. The van der Waals surface area contributed by atoms with Crippen molar-refractivity contribution in [3.05, 3.63) is 36.4 Å². The van der Waals surface area contributed by atoms with Gasteiger partial charge in [-0.3, -0.25) is 4.79 Å². The molecule has 3 rings (SSSR count). The maximum Gasteiger partial charge on any atom is 0.270 e. The third-order valence-electron chi connectivity index (χ3n) is 4.23. The quantitative estimate of drug-likeness (QED) is 0.866. The van der Waals surface area contributed by atoms with Crippen molar-refractivity contribution in [1.29, 1.82) is 0 Å². The molecule has 1 aliphatic carbocycles. The summed E-state index contributed by atoms with van der Waals surface area (Å²) in [4.78, 5) is 14.3. The van der Waals surface area contributed by atoms with Crippen molar-refractivity contribution >= 4 is 11.6 Å². The van der Waals surface area contributed by atoms with Gasteiger partial charge in [0.1, 0.15) is 5.75 Å². The molecule has 1 atom stereocenters. The largest absolute Gasteiger partial charge is 0.476 e. The summed E-state index contributed by atoms with van der Waals surface area (Å²) < 4.78 is 5.85. The molecule has 4 heteroatoms. The van der Waals surface area contributed by atoms with Crippen LogP contribution in [0.2, 0.25) is 0 Å². The van der Waals surface area contributed by atoms with Gasteiger partial charge in [0.15, 0.2) is 5.60 Å². The number of nitrogens with two attached hydrogens (primary N) is 1. The Hall–Kier alpha value is -1.81. The van der Waals surface area contributed by atoms with Gasteiger partial charge in [-0.1, -0.05) is 12.1 Å². The molecule has 4 nitrogen and oxygen atoms in total. The number of ether oxygens (including phenoxy) is 1. The van der Waals surface area contributed by atoms with Crippen LogP contribution in [0.1, 0.15) is 38.3 Å². The first-order valence-electron chi connectivity index (χ1n) is 7.45. The fourth-order valence-electron chi connectivity index (χ4n) is 2.83. The van der Waals surface area contributed by atoms with E-state index in [1.165, 1.54) is 12.8 Å². The van der Waals surface area contributed by atoms with Crippen molar-refractivity contribution in [2.45, 2.75) is 38.3 Å². The summed E-state index contributed by atoms with van der Waals surface area (Å²) in [5.74, 6) is 1.26. The lowest BCUT2D eigenvalue weighted by Crippen LogP contribution is -2.52. The van der Waals surface area contributed by atoms with Gasteiger partial charge in [-0.15, -0.1) is 6.58 Å². The van der Waals surface area contributed by atoms with E-state index >= 15 is 0 Å². The topological polar surface area (TPSA) is 55.6 Å². The van der Waals surface area contributed by atoms with Crippen LogP contribution in [0.3, 0.4) is 0 Å². The first-order chi connectivity index (χ1) is 9.94. The molecule has 1 heterocycles. The average Bonchev–Trinajstić information content (AvgIpc) is 3.27. The van der Waals surface area contributed by atoms with Crippen molar-refractivity contribution in [2.24, 2.45) is 11.7 Å². The van der Waals surface area contributed by atoms with Crippen LogP contribution in [0.25, 0.3) is 0 Å². The van der Waals surface area contributed by atoms with Gasteiger partial charge in [0.05, 0.1) is 5.69 Å². The number of nitrogens with zero attached hydrogens (tertiary/aromatic N) is 1. The Morgan fingerprint density at radius 1 is 1.52 bits per heavy atom. The summed E-state index contributed by atoms with van der Waals surface area (Å²) in [7, 11) is 0. The normalized spacial score (nSPS) is 21.5. The van der Waals surface area contributed by atoms with E-state index in [1.807, 2.05) is 18.2 Å². The molecule has 21 heavy (non-hydrogen) atoms. The molecule has 112 valence electrons. The van der Waals surface area contributed by atoms with Gasteiger partial charge in [-0.05, 0) is 50.3 Å². The molecule has 0 bridgehead atoms. The van der Waals surface area contributed by atoms with Crippen LogP contribution in [0.5, 0.6) is 5.75 Å². The van der Waals surface area contributed by atoms with Crippen LogP contribution in [0.15, 0.2) is 30.9 Å². The number of amides is 1. The van der Waals surface area contributed by atoms with Crippen LogP contribution in [-0.2, 0) is 4.79 Å². The summed E-state index contributed by atoms with van der Waals surface area (Å²) in [6.45, 7) is 7.80. The zero-order valence-electron chi connectivity index (χ0n) is 12.6. The molecule has 2 N–H and O–H groups in total. The van der Waals surface area contributed by atoms with Gasteiger partial charge in [-0.2, -0.15) is 0 Å². The molecular weight excluding hydrogens is 264 g/mol. The Kier molecular flexibility index (Phi) is 3.29. The van der Waals surface area contributed by atoms with E-state index in [0.29, 0.717) is 12.5 Å². The third-order valence-corrected chi connectivity index (χ3v) is 4.23. The van der Waals surface area contributed by atoms with Crippen molar-refractivity contribution in [3.8, 4) is 5.75 Å². The minimum atomic E-state index is -0.851. The van der Waals surface area contributed by atoms with Crippen LogP contribution < -0.4 is 15.4 Å². The zero-order valence-corrected chi connectivity index (χ0v) is 12.6. The second kappa shape index (κ2) is 4.88. The predicted molar refractivity (Wildman–Crippen MR) is 83.4 cm³/mol. The lowest BCUT2D eigenvalue weighted by atomic mass is 9.99. The number of hydrogen-bond donors (Lipinski definition) is 1. The van der Waals surface area contributed by atoms with E-state index in [-0.39, 0.29) is 11.9 Å². The minimum absolute atomic E-state index is 0.0471. The SMILES string of the molecule is C=CCN1C(=O)C(C)(C)Oc2ccc(C(N)C3CC3)cc21. The summed E-state index contributed by atoms with van der Waals surface area (Å²) >= 11 is 0. The molecule has 2 aliphatic rings. The maximum absolute atomic E-state index is 12.5.